The van der Waals surface area contributed by atoms with Gasteiger partial charge in [-0.05, 0) is 31.0 Å². The molecule has 0 N–H and O–H groups in total. The Morgan fingerprint density at radius 3 is 2.75 bits per heavy atom. The van der Waals surface area contributed by atoms with Crippen LogP contribution in [0.3, 0.4) is 0 Å². The zero-order chi connectivity index (χ0) is 14.8. The topological polar surface area (TPSA) is 54.5 Å². The van der Waals surface area contributed by atoms with Crippen LogP contribution in [0.2, 0.25) is 5.02 Å². The summed E-state index contributed by atoms with van der Waals surface area (Å²) in [6, 6.07) is 7.00. The lowest BCUT2D eigenvalue weighted by Crippen LogP contribution is -2.41. The van der Waals surface area contributed by atoms with Crippen molar-refractivity contribution in [1.29, 1.82) is 0 Å². The number of hydrogen-bond donors (Lipinski definition) is 0. The molecule has 1 saturated heterocycles. The van der Waals surface area contributed by atoms with Crippen molar-refractivity contribution in [3.63, 3.8) is 0 Å². The molecule has 4 nitrogen and oxygen atoms in total. The van der Waals surface area contributed by atoms with Gasteiger partial charge in [0, 0.05) is 17.6 Å². The molecule has 1 unspecified atom stereocenters. The highest BCUT2D eigenvalue weighted by Crippen LogP contribution is 2.19. The Kier molecular flexibility index (Phi) is 4.70. The maximum atomic E-state index is 12.3. The van der Waals surface area contributed by atoms with Gasteiger partial charge in [0.2, 0.25) is 5.91 Å². The van der Waals surface area contributed by atoms with E-state index < -0.39 is 9.84 Å². The van der Waals surface area contributed by atoms with Gasteiger partial charge < -0.3 is 4.90 Å². The maximum Gasteiger partial charge on any atom is 0.227 e. The average molecular weight is 316 g/mol. The Bertz CT molecular complexity index is 600. The quantitative estimate of drug-likeness (QED) is 0.853. The number of carbonyl (C=O) groups excluding carboxylic acids is 1. The number of nitrogens with zero attached hydrogens (tertiary/aromatic N) is 1. The summed E-state index contributed by atoms with van der Waals surface area (Å²) in [5.41, 5.74) is 0.849. The van der Waals surface area contributed by atoms with Crippen LogP contribution in [0.4, 0.5) is 0 Å². The molecule has 1 aromatic rings. The molecule has 0 aliphatic carbocycles. The zero-order valence-corrected chi connectivity index (χ0v) is 13.0. The number of rotatable bonds is 4. The first-order valence-electron chi connectivity index (χ1n) is 6.65. The van der Waals surface area contributed by atoms with Crippen LogP contribution in [0.5, 0.6) is 0 Å². The predicted molar refractivity (Wildman–Crippen MR) is 79.6 cm³/mol. The molecule has 1 aliphatic heterocycles. The Balaban J connectivity index is 2.06. The zero-order valence-electron chi connectivity index (χ0n) is 11.4. The predicted octanol–water partition coefficient (Wildman–Crippen LogP) is 1.92. The third-order valence-corrected chi connectivity index (χ3v) is 5.54. The molecule has 0 saturated carbocycles. The molecule has 0 aromatic heterocycles. The minimum Gasteiger partial charge on any atom is -0.339 e. The summed E-state index contributed by atoms with van der Waals surface area (Å²) >= 11 is 5.90. The van der Waals surface area contributed by atoms with Crippen molar-refractivity contribution in [2.24, 2.45) is 0 Å². The van der Waals surface area contributed by atoms with Crippen molar-refractivity contribution in [2.75, 3.05) is 18.1 Å². The molecule has 1 atom stereocenters. The molecule has 2 rings (SSSR count). The van der Waals surface area contributed by atoms with Crippen molar-refractivity contribution < 1.29 is 13.2 Å². The van der Waals surface area contributed by atoms with Gasteiger partial charge in [-0.25, -0.2) is 8.42 Å². The summed E-state index contributed by atoms with van der Waals surface area (Å²) in [4.78, 5) is 14.0. The van der Waals surface area contributed by atoms with Gasteiger partial charge in [-0.1, -0.05) is 23.7 Å². The highest BCUT2D eigenvalue weighted by molar-refractivity contribution is 7.91. The number of benzene rings is 1. The lowest BCUT2D eigenvalue weighted by Gasteiger charge is -2.27. The Morgan fingerprint density at radius 2 is 2.20 bits per heavy atom. The van der Waals surface area contributed by atoms with Gasteiger partial charge in [0.15, 0.2) is 9.84 Å². The molecule has 1 fully saturated rings. The SMILES string of the molecule is CCN(C(=O)Cc1cccc(Cl)c1)C1CCS(=O)(=O)C1. The average Bonchev–Trinajstić information content (AvgIpc) is 2.70. The van der Waals surface area contributed by atoms with E-state index in [9.17, 15) is 13.2 Å². The van der Waals surface area contributed by atoms with Crippen molar-refractivity contribution in [3.05, 3.63) is 34.9 Å². The van der Waals surface area contributed by atoms with Crippen LogP contribution in [0.25, 0.3) is 0 Å². The first-order valence-corrected chi connectivity index (χ1v) is 8.85. The van der Waals surface area contributed by atoms with E-state index in [-0.39, 0.29) is 29.9 Å². The molecule has 1 aromatic carbocycles. The number of amides is 1. The highest BCUT2D eigenvalue weighted by Gasteiger charge is 2.33. The largest absolute Gasteiger partial charge is 0.339 e. The molecule has 1 heterocycles. The van der Waals surface area contributed by atoms with Crippen LogP contribution in [0, 0.1) is 0 Å². The van der Waals surface area contributed by atoms with Gasteiger partial charge >= 0.3 is 0 Å². The van der Waals surface area contributed by atoms with Crippen LogP contribution >= 0.6 is 11.6 Å². The molecular formula is C14H18ClNO3S. The summed E-state index contributed by atoms with van der Waals surface area (Å²) < 4.78 is 23.1. The molecule has 6 heteroatoms. The number of hydrogen-bond acceptors (Lipinski definition) is 3. The van der Waals surface area contributed by atoms with Crippen LogP contribution in [0.1, 0.15) is 18.9 Å². The van der Waals surface area contributed by atoms with E-state index in [0.717, 1.165) is 5.56 Å². The first-order chi connectivity index (χ1) is 9.41. The number of sulfone groups is 1. The molecule has 20 heavy (non-hydrogen) atoms. The fraction of sp³-hybridized carbons (Fsp3) is 0.500. The summed E-state index contributed by atoms with van der Waals surface area (Å²) in [5, 5.41) is 0.599. The Morgan fingerprint density at radius 1 is 1.45 bits per heavy atom. The number of carbonyl (C=O) groups is 1. The lowest BCUT2D eigenvalue weighted by atomic mass is 10.1. The summed E-state index contributed by atoms with van der Waals surface area (Å²) in [6.07, 6.45) is 0.794. The molecule has 1 aliphatic rings. The third kappa shape index (κ3) is 3.73. The molecule has 0 bridgehead atoms. The van der Waals surface area contributed by atoms with E-state index in [1.54, 1.807) is 23.1 Å². The maximum absolute atomic E-state index is 12.3. The second-order valence-electron chi connectivity index (χ2n) is 5.04. The number of likely N-dealkylation sites (N-methyl/N-ethyl adjacent to an activating group) is 1. The van der Waals surface area contributed by atoms with Crippen LogP contribution < -0.4 is 0 Å². The van der Waals surface area contributed by atoms with Crippen LogP contribution in [0.15, 0.2) is 24.3 Å². The van der Waals surface area contributed by atoms with Crippen molar-refractivity contribution in [1.82, 2.24) is 4.90 Å². The van der Waals surface area contributed by atoms with Gasteiger partial charge in [0.05, 0.1) is 17.9 Å². The minimum atomic E-state index is -2.98. The van der Waals surface area contributed by atoms with E-state index in [1.165, 1.54) is 0 Å². The standard InChI is InChI=1S/C14H18ClNO3S/c1-2-16(13-6-7-20(18,19)10-13)14(17)9-11-4-3-5-12(15)8-11/h3-5,8,13H,2,6-7,9-10H2,1H3. The second kappa shape index (κ2) is 6.14. The van der Waals surface area contributed by atoms with Gasteiger partial charge in [-0.3, -0.25) is 4.79 Å². The number of halogens is 1. The molecule has 0 radical (unpaired) electrons. The summed E-state index contributed by atoms with van der Waals surface area (Å²) in [7, 11) is -2.98. The first kappa shape index (κ1) is 15.3. The van der Waals surface area contributed by atoms with Gasteiger partial charge in [-0.15, -0.1) is 0 Å². The van der Waals surface area contributed by atoms with Gasteiger partial charge in [0.1, 0.15) is 0 Å². The minimum absolute atomic E-state index is 0.0446. The fourth-order valence-electron chi connectivity index (χ4n) is 2.58. The van der Waals surface area contributed by atoms with E-state index in [0.29, 0.717) is 18.0 Å². The monoisotopic (exact) mass is 315 g/mol. The van der Waals surface area contributed by atoms with E-state index in [4.69, 9.17) is 11.6 Å². The van der Waals surface area contributed by atoms with Crippen molar-refractivity contribution in [2.45, 2.75) is 25.8 Å². The fourth-order valence-corrected chi connectivity index (χ4v) is 4.53. The van der Waals surface area contributed by atoms with E-state index in [2.05, 4.69) is 0 Å². The molecule has 1 amide bonds. The van der Waals surface area contributed by atoms with Crippen LogP contribution in [-0.4, -0.2) is 43.3 Å². The Labute approximate surface area is 124 Å². The third-order valence-electron chi connectivity index (χ3n) is 3.55. The second-order valence-corrected chi connectivity index (χ2v) is 7.71. The summed E-state index contributed by atoms with van der Waals surface area (Å²) in [6.45, 7) is 2.40. The highest BCUT2D eigenvalue weighted by atomic mass is 35.5. The Hall–Kier alpha value is -1.07. The van der Waals surface area contributed by atoms with Crippen molar-refractivity contribution >= 4 is 27.3 Å². The summed E-state index contributed by atoms with van der Waals surface area (Å²) in [5.74, 6) is 0.220. The van der Waals surface area contributed by atoms with E-state index >= 15 is 0 Å². The smallest absolute Gasteiger partial charge is 0.227 e. The normalized spacial score (nSPS) is 20.8. The van der Waals surface area contributed by atoms with Gasteiger partial charge in [0.25, 0.3) is 0 Å². The molecular weight excluding hydrogens is 298 g/mol. The van der Waals surface area contributed by atoms with Crippen LogP contribution in [-0.2, 0) is 21.1 Å². The van der Waals surface area contributed by atoms with Crippen molar-refractivity contribution in [3.8, 4) is 0 Å². The van der Waals surface area contributed by atoms with Gasteiger partial charge in [-0.2, -0.15) is 0 Å². The lowest BCUT2D eigenvalue weighted by molar-refractivity contribution is -0.132. The molecule has 0 spiro atoms. The molecule has 110 valence electrons. The van der Waals surface area contributed by atoms with E-state index in [1.807, 2.05) is 13.0 Å².